The molecule has 0 aromatic rings. The summed E-state index contributed by atoms with van der Waals surface area (Å²) in [6, 6.07) is 0. The zero-order valence-corrected chi connectivity index (χ0v) is 15.2. The Morgan fingerprint density at radius 1 is 0.762 bits per heavy atom. The first-order valence-corrected chi connectivity index (χ1v) is 6.15. The summed E-state index contributed by atoms with van der Waals surface area (Å²) < 4.78 is 19.2. The van der Waals surface area contributed by atoms with Gasteiger partial charge in [0.25, 0.3) is 0 Å². The standard InChI is InChI=1S/2CH4NO5P.2ClH.2H3N.Pt/c2*3-1(4)2-8(5,6)7;;;;;/h2*(H,3,4)(H3,2,5,6,7);2*1H;2*1H3;/q;;;;;;+4/p-4. The number of hydrogen-bond acceptors (Lipinski definition) is 8. The van der Waals surface area contributed by atoms with Crippen molar-refractivity contribution in [2.75, 3.05) is 0 Å². The molecule has 19 heteroatoms. The van der Waals surface area contributed by atoms with Crippen LogP contribution in [0.5, 0.6) is 0 Å². The molecule has 0 atom stereocenters. The Morgan fingerprint density at radius 2 is 0.905 bits per heavy atom. The van der Waals surface area contributed by atoms with E-state index in [1.54, 1.807) is 0 Å². The molecule has 0 aliphatic rings. The third-order valence-electron chi connectivity index (χ3n) is 0.474. The molecule has 0 aromatic carbocycles. The average molecular weight is 580 g/mol. The van der Waals surface area contributed by atoms with Gasteiger partial charge in [-0.15, -0.1) is 0 Å². The van der Waals surface area contributed by atoms with E-state index in [1.165, 1.54) is 0 Å². The molecule has 0 bridgehead atoms. The van der Waals surface area contributed by atoms with E-state index in [0.717, 1.165) is 10.2 Å². The first-order chi connectivity index (χ1) is 6.83. The van der Waals surface area contributed by atoms with Crippen molar-refractivity contribution < 1.29 is 94.4 Å². The summed E-state index contributed by atoms with van der Waals surface area (Å²) in [5.74, 6) is 0. The van der Waals surface area contributed by atoms with Crippen LogP contribution in [0, 0.1) is 0 Å². The van der Waals surface area contributed by atoms with E-state index in [-0.39, 0.29) is 58.2 Å². The topological polar surface area (TPSA) is 289 Å². The van der Waals surface area contributed by atoms with Gasteiger partial charge in [0, 0.05) is 0 Å². The van der Waals surface area contributed by atoms with Crippen LogP contribution in [-0.4, -0.2) is 31.8 Å². The second-order valence-corrected chi connectivity index (χ2v) is 4.51. The molecule has 0 unspecified atom stereocenters. The number of halogens is 2. The molecule has 0 aromatic heterocycles. The molecular weight excluding hydrogens is 568 g/mol. The summed E-state index contributed by atoms with van der Waals surface area (Å²) >= 11 is 0. The molecule has 12 N–H and O–H groups in total. The average Bonchev–Trinajstić information content (AvgIpc) is 1.72. The number of carboxylic acid groups (broad SMARTS) is 2. The Balaban J connectivity index is -0.0000000302. The maximum Gasteiger partial charge on any atom is 4.00 e. The molecule has 2 amide bonds. The minimum absolute atomic E-state index is 0. The Hall–Kier alpha value is 0.0283. The van der Waals surface area contributed by atoms with Crippen LogP contribution < -0.4 is 57.5 Å². The van der Waals surface area contributed by atoms with Gasteiger partial charge in [-0.05, 0) is 0 Å². The van der Waals surface area contributed by atoms with Crippen molar-refractivity contribution in [3.8, 4) is 0 Å². The van der Waals surface area contributed by atoms with Crippen LogP contribution in [0.4, 0.5) is 9.59 Å². The zero-order chi connectivity index (χ0) is 13.6. The van der Waals surface area contributed by atoms with E-state index in [9.17, 15) is 28.9 Å². The van der Waals surface area contributed by atoms with E-state index in [2.05, 4.69) is 0 Å². The molecule has 0 heterocycles. The van der Waals surface area contributed by atoms with Crippen molar-refractivity contribution >= 4 is 27.7 Å². The second-order valence-electron chi connectivity index (χ2n) is 1.89. The third-order valence-corrected chi connectivity index (χ3v) is 1.42. The smallest absolute Gasteiger partial charge is 1.00 e. The van der Waals surface area contributed by atoms with Gasteiger partial charge in [0.15, 0.2) is 0 Å². The summed E-state index contributed by atoms with van der Waals surface area (Å²) in [5, 5.41) is 20.3. The number of amides is 2. The predicted molar refractivity (Wildman–Crippen MR) is 51.2 cm³/mol. The quantitative estimate of drug-likeness (QED) is 0.141. The van der Waals surface area contributed by atoms with Crippen LogP contribution in [0.2, 0.25) is 0 Å². The van der Waals surface area contributed by atoms with E-state index in [4.69, 9.17) is 19.6 Å². The Kier molecular flexibility index (Phi) is 36.9. The van der Waals surface area contributed by atoms with Crippen molar-refractivity contribution in [2.24, 2.45) is 0 Å². The molecule has 14 nitrogen and oxygen atoms in total. The molecule has 0 rings (SSSR count). The molecular formula is C2H12Cl2N4O10P2Pt. The molecule has 0 saturated carbocycles. The van der Waals surface area contributed by atoms with E-state index in [0.29, 0.717) is 0 Å². The van der Waals surface area contributed by atoms with Crippen LogP contribution >= 0.6 is 15.5 Å². The van der Waals surface area contributed by atoms with Crippen molar-refractivity contribution in [3.05, 3.63) is 0 Å². The van der Waals surface area contributed by atoms with Crippen molar-refractivity contribution in [1.82, 2.24) is 22.5 Å². The minimum Gasteiger partial charge on any atom is -1.00 e. The van der Waals surface area contributed by atoms with Gasteiger partial charge in [-0.1, -0.05) is 0 Å². The molecule has 0 fully saturated rings. The molecule has 0 radical (unpaired) electrons. The maximum absolute atomic E-state index is 9.60. The SMILES string of the molecule is N.N.O=C([O-])NP(=O)(O)O.O=C([O-])NP(=O)(O)O.[Cl-].[Cl-].[Pt+4]. The van der Waals surface area contributed by atoms with Gasteiger partial charge in [-0.2, -0.15) is 0 Å². The predicted octanol–water partition coefficient (Wildman–Crippen LogP) is -9.65. The third kappa shape index (κ3) is 64.7. The first-order valence-electron chi connectivity index (χ1n) is 2.93. The van der Waals surface area contributed by atoms with Crippen molar-refractivity contribution in [1.29, 1.82) is 0 Å². The molecule has 0 aliphatic carbocycles. The van der Waals surface area contributed by atoms with Crippen LogP contribution in [-0.2, 0) is 30.2 Å². The zero-order valence-electron chi connectivity index (χ0n) is 9.62. The largest absolute Gasteiger partial charge is 4.00 e. The molecule has 0 saturated heterocycles. The maximum atomic E-state index is 9.60. The molecule has 0 spiro atoms. The fraction of sp³-hybridized carbons (Fsp3) is 0. The Bertz CT molecular complexity index is 325. The van der Waals surface area contributed by atoms with Crippen LogP contribution in [0.25, 0.3) is 0 Å². The molecule has 21 heavy (non-hydrogen) atoms. The van der Waals surface area contributed by atoms with Gasteiger partial charge in [0.2, 0.25) is 0 Å². The van der Waals surface area contributed by atoms with Gasteiger partial charge in [0.1, 0.15) is 12.2 Å². The Morgan fingerprint density at radius 3 is 0.905 bits per heavy atom. The molecule has 134 valence electrons. The van der Waals surface area contributed by atoms with E-state index < -0.39 is 27.7 Å². The summed E-state index contributed by atoms with van der Waals surface area (Å²) in [7, 11) is -9.27. The summed E-state index contributed by atoms with van der Waals surface area (Å²) in [5.41, 5.74) is 0. The Labute approximate surface area is 144 Å². The number of carbonyl (C=O) groups is 2. The second kappa shape index (κ2) is 18.1. The van der Waals surface area contributed by atoms with Crippen molar-refractivity contribution in [3.63, 3.8) is 0 Å². The van der Waals surface area contributed by atoms with Gasteiger partial charge in [0.05, 0.1) is 0 Å². The van der Waals surface area contributed by atoms with Gasteiger partial charge in [-0.25, -0.2) is 9.13 Å². The van der Waals surface area contributed by atoms with Crippen LogP contribution in [0.1, 0.15) is 0 Å². The number of carbonyl (C=O) groups excluding carboxylic acids is 2. The van der Waals surface area contributed by atoms with Gasteiger partial charge >= 0.3 is 36.6 Å². The monoisotopic (exact) mass is 579 g/mol. The summed E-state index contributed by atoms with van der Waals surface area (Å²) in [4.78, 5) is 49.7. The van der Waals surface area contributed by atoms with Crippen LogP contribution in [0.15, 0.2) is 0 Å². The van der Waals surface area contributed by atoms with Crippen LogP contribution in [0.3, 0.4) is 0 Å². The van der Waals surface area contributed by atoms with E-state index in [1.807, 2.05) is 0 Å². The number of nitrogens with one attached hydrogen (secondary N) is 2. The van der Waals surface area contributed by atoms with Crippen molar-refractivity contribution in [2.45, 2.75) is 0 Å². The summed E-state index contributed by atoms with van der Waals surface area (Å²) in [6.07, 6.45) is -3.98. The van der Waals surface area contributed by atoms with Gasteiger partial charge < -0.3 is 76.5 Å². The number of rotatable bonds is 2. The minimum atomic E-state index is -4.63. The first kappa shape index (κ1) is 42.9. The summed E-state index contributed by atoms with van der Waals surface area (Å²) in [6.45, 7) is 0. The van der Waals surface area contributed by atoms with E-state index >= 15 is 0 Å². The van der Waals surface area contributed by atoms with Gasteiger partial charge in [-0.3, -0.25) is 10.2 Å². The fourth-order valence-corrected chi connectivity index (χ4v) is 0.714. The normalized spacial score (nSPS) is 8.19. The fourth-order valence-electron chi connectivity index (χ4n) is 0.238. The number of hydrogen-bond donors (Lipinski definition) is 8. The molecule has 0 aliphatic heterocycles.